The summed E-state index contributed by atoms with van der Waals surface area (Å²) in [6.45, 7) is 2.12. The number of nitrogens with two attached hydrogens (primary N) is 1. The smallest absolute Gasteiger partial charge is 0.307 e. The molecule has 1 atom stereocenters. The summed E-state index contributed by atoms with van der Waals surface area (Å²) in [6.07, 6.45) is 0.144. The van der Waals surface area contributed by atoms with Crippen molar-refractivity contribution >= 4 is 51.2 Å². The zero-order valence-electron chi connectivity index (χ0n) is 9.24. The molecule has 1 aromatic rings. The molecule has 17 heavy (non-hydrogen) atoms. The normalized spacial score (nSPS) is 12.2. The van der Waals surface area contributed by atoms with Crippen LogP contribution >= 0.6 is 45.2 Å². The summed E-state index contributed by atoms with van der Waals surface area (Å²) >= 11 is 4.07. The Balaban J connectivity index is 2.82. The minimum Gasteiger partial charge on any atom is -0.506 e. The Kier molecular flexibility index (Phi) is 5.93. The lowest BCUT2D eigenvalue weighted by Crippen LogP contribution is -2.17. The van der Waals surface area contributed by atoms with Gasteiger partial charge in [0.1, 0.15) is 5.75 Å². The van der Waals surface area contributed by atoms with Crippen molar-refractivity contribution in [1.29, 1.82) is 0 Å². The number of carbonyl (C=O) groups excluding carboxylic acids is 1. The Bertz CT molecular complexity index is 400. The van der Waals surface area contributed by atoms with Crippen LogP contribution in [0.3, 0.4) is 0 Å². The molecule has 0 saturated carbocycles. The van der Waals surface area contributed by atoms with Gasteiger partial charge in [-0.05, 0) is 69.8 Å². The number of benzene rings is 1. The summed E-state index contributed by atoms with van der Waals surface area (Å²) in [6, 6.07) is 3.15. The number of carbonyl (C=O) groups is 1. The van der Waals surface area contributed by atoms with Crippen LogP contribution in [-0.4, -0.2) is 17.7 Å². The Morgan fingerprint density at radius 1 is 1.47 bits per heavy atom. The second kappa shape index (κ2) is 6.74. The average molecular weight is 461 g/mol. The fraction of sp³-hybridized carbons (Fsp3) is 0.364. The van der Waals surface area contributed by atoms with Gasteiger partial charge in [-0.2, -0.15) is 0 Å². The van der Waals surface area contributed by atoms with Crippen molar-refractivity contribution in [1.82, 2.24) is 0 Å². The van der Waals surface area contributed by atoms with Crippen LogP contribution in [0.5, 0.6) is 5.75 Å². The molecule has 0 unspecified atom stereocenters. The van der Waals surface area contributed by atoms with E-state index in [-0.39, 0.29) is 18.1 Å². The van der Waals surface area contributed by atoms with Gasteiger partial charge >= 0.3 is 5.97 Å². The molecule has 1 aromatic carbocycles. The van der Waals surface area contributed by atoms with E-state index in [9.17, 15) is 9.90 Å². The van der Waals surface area contributed by atoms with Gasteiger partial charge < -0.3 is 15.6 Å². The number of aromatic hydroxyl groups is 1. The lowest BCUT2D eigenvalue weighted by atomic mass is 10.0. The highest BCUT2D eigenvalue weighted by molar-refractivity contribution is 14.1. The highest BCUT2D eigenvalue weighted by atomic mass is 127. The zero-order valence-corrected chi connectivity index (χ0v) is 13.6. The van der Waals surface area contributed by atoms with Crippen LogP contribution in [0.2, 0.25) is 0 Å². The van der Waals surface area contributed by atoms with Gasteiger partial charge in [0, 0.05) is 6.04 Å². The summed E-state index contributed by atoms with van der Waals surface area (Å²) in [5.41, 5.74) is 6.75. The maximum absolute atomic E-state index is 11.3. The summed E-state index contributed by atoms with van der Waals surface area (Å²) in [5.74, 6) is -0.0589. The number of rotatable bonds is 4. The lowest BCUT2D eigenvalue weighted by Gasteiger charge is -2.13. The molecule has 0 amide bonds. The van der Waals surface area contributed by atoms with Gasteiger partial charge in [-0.3, -0.25) is 4.79 Å². The number of esters is 1. The second-order valence-electron chi connectivity index (χ2n) is 3.45. The first-order valence-corrected chi connectivity index (χ1v) is 7.20. The van der Waals surface area contributed by atoms with E-state index in [4.69, 9.17) is 10.5 Å². The minimum absolute atomic E-state index is 0.144. The zero-order chi connectivity index (χ0) is 13.0. The molecule has 0 spiro atoms. The van der Waals surface area contributed by atoms with Crippen LogP contribution in [0.4, 0.5) is 0 Å². The van der Waals surface area contributed by atoms with Crippen LogP contribution in [0.25, 0.3) is 0 Å². The van der Waals surface area contributed by atoms with Gasteiger partial charge in [0.2, 0.25) is 0 Å². The van der Waals surface area contributed by atoms with Gasteiger partial charge in [0.15, 0.2) is 0 Å². The first-order chi connectivity index (χ1) is 7.95. The van der Waals surface area contributed by atoms with Gasteiger partial charge in [0.05, 0.1) is 20.2 Å². The van der Waals surface area contributed by atoms with Crippen molar-refractivity contribution in [3.8, 4) is 5.75 Å². The Labute approximate surface area is 127 Å². The third-order valence-corrected chi connectivity index (χ3v) is 3.80. The molecule has 0 bridgehead atoms. The van der Waals surface area contributed by atoms with Crippen molar-refractivity contribution in [2.45, 2.75) is 19.4 Å². The SMILES string of the molecule is CCOC(=O)C[C@@H](N)c1cc(I)c(O)c(I)c1. The van der Waals surface area contributed by atoms with Gasteiger partial charge in [-0.1, -0.05) is 0 Å². The van der Waals surface area contributed by atoms with Crippen LogP contribution < -0.4 is 5.73 Å². The molecule has 0 fully saturated rings. The predicted molar refractivity (Wildman–Crippen MR) is 81.7 cm³/mol. The molecule has 0 heterocycles. The van der Waals surface area contributed by atoms with E-state index in [1.54, 1.807) is 19.1 Å². The van der Waals surface area contributed by atoms with Crippen LogP contribution in [-0.2, 0) is 9.53 Å². The monoisotopic (exact) mass is 461 g/mol. The second-order valence-corrected chi connectivity index (χ2v) is 5.77. The van der Waals surface area contributed by atoms with Crippen LogP contribution in [0.15, 0.2) is 12.1 Å². The lowest BCUT2D eigenvalue weighted by molar-refractivity contribution is -0.143. The molecule has 0 aromatic heterocycles. The first kappa shape index (κ1) is 15.0. The summed E-state index contributed by atoms with van der Waals surface area (Å²) in [7, 11) is 0. The maximum atomic E-state index is 11.3. The Morgan fingerprint density at radius 2 is 2.00 bits per heavy atom. The topological polar surface area (TPSA) is 72.5 Å². The Morgan fingerprint density at radius 3 is 2.47 bits per heavy atom. The number of phenols is 1. The Hall–Kier alpha value is -0.0900. The van der Waals surface area contributed by atoms with E-state index in [1.165, 1.54) is 0 Å². The molecule has 6 heteroatoms. The number of phenolic OH excluding ortho intramolecular Hbond substituents is 1. The molecular weight excluding hydrogens is 448 g/mol. The number of halogens is 2. The molecule has 0 radical (unpaired) electrons. The van der Waals surface area contributed by atoms with Crippen molar-refractivity contribution in [2.75, 3.05) is 6.61 Å². The van der Waals surface area contributed by atoms with Crippen molar-refractivity contribution in [3.05, 3.63) is 24.8 Å². The average Bonchev–Trinajstić information content (AvgIpc) is 2.25. The van der Waals surface area contributed by atoms with E-state index >= 15 is 0 Å². The van der Waals surface area contributed by atoms with Crippen molar-refractivity contribution < 1.29 is 14.6 Å². The third kappa shape index (κ3) is 4.25. The molecule has 1 rings (SSSR count). The molecule has 4 nitrogen and oxygen atoms in total. The number of hydrogen-bond donors (Lipinski definition) is 2. The molecule has 0 aliphatic heterocycles. The predicted octanol–water partition coefficient (Wildman–Crippen LogP) is 2.55. The fourth-order valence-corrected chi connectivity index (χ4v) is 3.13. The van der Waals surface area contributed by atoms with E-state index in [0.717, 1.165) is 12.7 Å². The summed E-state index contributed by atoms with van der Waals surface area (Å²) < 4.78 is 6.30. The molecule has 0 saturated heterocycles. The summed E-state index contributed by atoms with van der Waals surface area (Å²) in [5, 5.41) is 9.63. The molecule has 0 aliphatic rings. The van der Waals surface area contributed by atoms with Crippen LogP contribution in [0, 0.1) is 7.14 Å². The fourth-order valence-electron chi connectivity index (χ4n) is 1.32. The molecular formula is C11H13I2NO3. The summed E-state index contributed by atoms with van der Waals surface area (Å²) in [4.78, 5) is 11.3. The largest absolute Gasteiger partial charge is 0.506 e. The highest BCUT2D eigenvalue weighted by Gasteiger charge is 2.15. The van der Waals surface area contributed by atoms with Gasteiger partial charge in [0.25, 0.3) is 0 Å². The molecule has 3 N–H and O–H groups in total. The third-order valence-electron chi connectivity index (χ3n) is 2.16. The van der Waals surface area contributed by atoms with E-state index in [2.05, 4.69) is 0 Å². The van der Waals surface area contributed by atoms with E-state index in [1.807, 2.05) is 45.2 Å². The molecule has 0 aliphatic carbocycles. The minimum atomic E-state index is -0.406. The van der Waals surface area contributed by atoms with Crippen molar-refractivity contribution in [2.24, 2.45) is 5.73 Å². The maximum Gasteiger partial charge on any atom is 0.307 e. The first-order valence-electron chi connectivity index (χ1n) is 5.04. The van der Waals surface area contributed by atoms with Crippen molar-refractivity contribution in [3.63, 3.8) is 0 Å². The van der Waals surface area contributed by atoms with Gasteiger partial charge in [-0.15, -0.1) is 0 Å². The number of ether oxygens (including phenoxy) is 1. The standard InChI is InChI=1S/C11H13I2NO3/c1-2-17-10(15)5-9(14)6-3-7(12)11(16)8(13)4-6/h3-4,9,16H,2,5,14H2,1H3/t9-/m1/s1. The quantitative estimate of drug-likeness (QED) is 0.535. The van der Waals surface area contributed by atoms with Gasteiger partial charge in [-0.25, -0.2) is 0 Å². The molecule has 94 valence electrons. The number of hydrogen-bond acceptors (Lipinski definition) is 4. The van der Waals surface area contributed by atoms with E-state index in [0.29, 0.717) is 6.61 Å². The van der Waals surface area contributed by atoms with E-state index < -0.39 is 6.04 Å². The highest BCUT2D eigenvalue weighted by Crippen LogP contribution is 2.29. The van der Waals surface area contributed by atoms with Crippen LogP contribution in [0.1, 0.15) is 24.9 Å².